The Balaban J connectivity index is 2.60. The number of hydrogen-bond donors (Lipinski definition) is 1. The first-order valence-electron chi connectivity index (χ1n) is 5.38. The summed E-state index contributed by atoms with van der Waals surface area (Å²) in [5.41, 5.74) is 0.784. The number of benzene rings is 2. The molecule has 0 aliphatic heterocycles. The Morgan fingerprint density at radius 2 is 1.82 bits per heavy atom. The summed E-state index contributed by atoms with van der Waals surface area (Å²) in [6.07, 6.45) is 1.82. The fourth-order valence-corrected chi connectivity index (χ4v) is 2.12. The first-order chi connectivity index (χ1) is 8.31. The van der Waals surface area contributed by atoms with Gasteiger partial charge in [0.05, 0.1) is 18.0 Å². The Kier molecular flexibility index (Phi) is 2.11. The molecule has 17 heavy (non-hydrogen) atoms. The molecule has 84 valence electrons. The molecule has 0 aliphatic rings. The minimum atomic E-state index is -0.0712. The lowest BCUT2D eigenvalue weighted by atomic mass is 10.1. The van der Waals surface area contributed by atoms with Crippen LogP contribution < -0.4 is 10.2 Å². The monoisotopic (exact) mass is 225 g/mol. The molecule has 0 bridgehead atoms. The van der Waals surface area contributed by atoms with Crippen molar-refractivity contribution in [3.8, 4) is 5.75 Å². The number of nitrogens with one attached hydrogen (secondary N) is 1. The SMILES string of the molecule is COc1ccc2ccc3ccc[nH]c3c2c1=O. The van der Waals surface area contributed by atoms with Crippen molar-refractivity contribution in [2.45, 2.75) is 0 Å². The molecule has 0 unspecified atom stereocenters. The smallest absolute Gasteiger partial charge is 0.230 e. The summed E-state index contributed by atoms with van der Waals surface area (Å²) in [4.78, 5) is 15.4. The zero-order valence-electron chi connectivity index (χ0n) is 9.36. The van der Waals surface area contributed by atoms with Gasteiger partial charge in [-0.05, 0) is 22.9 Å². The molecule has 3 aromatic rings. The lowest BCUT2D eigenvalue weighted by Gasteiger charge is -2.05. The van der Waals surface area contributed by atoms with E-state index in [1.807, 2.05) is 36.5 Å². The second-order valence-corrected chi connectivity index (χ2v) is 3.89. The lowest BCUT2D eigenvalue weighted by molar-refractivity contribution is 0.412. The number of methoxy groups -OCH3 is 1. The second-order valence-electron chi connectivity index (χ2n) is 3.89. The van der Waals surface area contributed by atoms with Gasteiger partial charge in [-0.25, -0.2) is 0 Å². The summed E-state index contributed by atoms with van der Waals surface area (Å²) in [5.74, 6) is 0.377. The van der Waals surface area contributed by atoms with E-state index in [9.17, 15) is 4.79 Å². The van der Waals surface area contributed by atoms with Gasteiger partial charge in [-0.3, -0.25) is 4.79 Å². The first-order valence-corrected chi connectivity index (χ1v) is 5.38. The predicted molar refractivity (Wildman–Crippen MR) is 68.6 cm³/mol. The number of ether oxygens (including phenoxy) is 1. The van der Waals surface area contributed by atoms with Crippen LogP contribution in [0.15, 0.2) is 47.4 Å². The summed E-state index contributed by atoms with van der Waals surface area (Å²) in [6, 6.07) is 11.4. The van der Waals surface area contributed by atoms with Gasteiger partial charge in [0.25, 0.3) is 0 Å². The van der Waals surface area contributed by atoms with Gasteiger partial charge in [0.15, 0.2) is 5.75 Å². The normalized spacial score (nSPS) is 10.9. The highest BCUT2D eigenvalue weighted by atomic mass is 16.5. The largest absolute Gasteiger partial charge is 0.493 e. The predicted octanol–water partition coefficient (Wildman–Crippen LogP) is 2.69. The van der Waals surface area contributed by atoms with Gasteiger partial charge in [0, 0.05) is 6.20 Å². The molecular weight excluding hydrogens is 214 g/mol. The number of fused-ring (bicyclic) bond motifs is 3. The van der Waals surface area contributed by atoms with E-state index in [1.165, 1.54) is 7.11 Å². The van der Waals surface area contributed by atoms with E-state index in [2.05, 4.69) is 4.98 Å². The highest BCUT2D eigenvalue weighted by Gasteiger charge is 2.08. The second kappa shape index (κ2) is 3.63. The van der Waals surface area contributed by atoms with Crippen molar-refractivity contribution in [2.75, 3.05) is 7.11 Å². The molecule has 0 amide bonds. The summed E-state index contributed by atoms with van der Waals surface area (Å²) < 4.78 is 5.08. The van der Waals surface area contributed by atoms with Crippen LogP contribution in [0.5, 0.6) is 5.75 Å². The van der Waals surface area contributed by atoms with Crippen molar-refractivity contribution in [1.29, 1.82) is 0 Å². The standard InChI is InChI=1S/C14H11NO2/c1-17-11-7-6-9-4-5-10-3-2-8-15-13(10)12(9)14(11)16/h2-8,15H,1H3. The number of aromatic nitrogens is 1. The van der Waals surface area contributed by atoms with Crippen LogP contribution >= 0.6 is 0 Å². The Bertz CT molecular complexity index is 759. The van der Waals surface area contributed by atoms with Crippen LogP contribution in [0.4, 0.5) is 0 Å². The van der Waals surface area contributed by atoms with E-state index in [-0.39, 0.29) is 5.43 Å². The number of rotatable bonds is 1. The van der Waals surface area contributed by atoms with Gasteiger partial charge in [-0.15, -0.1) is 0 Å². The van der Waals surface area contributed by atoms with Crippen LogP contribution in [0, 0.1) is 0 Å². The van der Waals surface area contributed by atoms with Crippen molar-refractivity contribution in [2.24, 2.45) is 0 Å². The minimum absolute atomic E-state index is 0.0712. The van der Waals surface area contributed by atoms with Crippen molar-refractivity contribution in [1.82, 2.24) is 4.98 Å². The molecule has 3 nitrogen and oxygen atoms in total. The summed E-state index contributed by atoms with van der Waals surface area (Å²) >= 11 is 0. The molecule has 0 fully saturated rings. The maximum absolute atomic E-state index is 12.2. The molecule has 1 aromatic heterocycles. The molecule has 0 atom stereocenters. The molecule has 1 heterocycles. The topological polar surface area (TPSA) is 42.1 Å². The maximum Gasteiger partial charge on any atom is 0.230 e. The quantitative estimate of drug-likeness (QED) is 0.647. The molecule has 0 saturated heterocycles. The average molecular weight is 225 g/mol. The number of H-pyrrole nitrogens is 1. The van der Waals surface area contributed by atoms with Crippen molar-refractivity contribution < 1.29 is 4.74 Å². The van der Waals surface area contributed by atoms with Crippen LogP contribution in [0.2, 0.25) is 0 Å². The van der Waals surface area contributed by atoms with Crippen LogP contribution in [-0.2, 0) is 0 Å². The highest BCUT2D eigenvalue weighted by molar-refractivity contribution is 6.05. The van der Waals surface area contributed by atoms with Gasteiger partial charge < -0.3 is 9.72 Å². The van der Waals surface area contributed by atoms with E-state index in [4.69, 9.17) is 4.74 Å². The van der Waals surface area contributed by atoms with Gasteiger partial charge in [-0.1, -0.05) is 24.3 Å². The third kappa shape index (κ3) is 1.40. The van der Waals surface area contributed by atoms with Crippen LogP contribution in [0.1, 0.15) is 0 Å². The van der Waals surface area contributed by atoms with E-state index < -0.39 is 0 Å². The molecule has 3 heteroatoms. The van der Waals surface area contributed by atoms with Crippen molar-refractivity contribution >= 4 is 21.7 Å². The molecule has 0 aliphatic carbocycles. The van der Waals surface area contributed by atoms with Crippen molar-refractivity contribution in [3.63, 3.8) is 0 Å². The van der Waals surface area contributed by atoms with E-state index >= 15 is 0 Å². The van der Waals surface area contributed by atoms with E-state index in [0.29, 0.717) is 11.1 Å². The summed E-state index contributed by atoms with van der Waals surface area (Å²) in [7, 11) is 1.51. The third-order valence-electron chi connectivity index (χ3n) is 2.95. The molecule has 0 radical (unpaired) electrons. The molecule has 3 rings (SSSR count). The van der Waals surface area contributed by atoms with E-state index in [0.717, 1.165) is 16.3 Å². The summed E-state index contributed by atoms with van der Waals surface area (Å²) in [5, 5.41) is 2.62. The van der Waals surface area contributed by atoms with E-state index in [1.54, 1.807) is 6.07 Å². The molecule has 2 aromatic carbocycles. The molecule has 1 N–H and O–H groups in total. The first kappa shape index (κ1) is 9.90. The Morgan fingerprint density at radius 3 is 2.65 bits per heavy atom. The maximum atomic E-state index is 12.2. The van der Waals surface area contributed by atoms with Gasteiger partial charge in [0.1, 0.15) is 0 Å². The molecule has 0 saturated carbocycles. The van der Waals surface area contributed by atoms with Crippen LogP contribution in [-0.4, -0.2) is 12.1 Å². The van der Waals surface area contributed by atoms with Crippen LogP contribution in [0.25, 0.3) is 21.7 Å². The Morgan fingerprint density at radius 1 is 1.06 bits per heavy atom. The Labute approximate surface area is 97.7 Å². The zero-order chi connectivity index (χ0) is 11.8. The summed E-state index contributed by atoms with van der Waals surface area (Å²) in [6.45, 7) is 0. The van der Waals surface area contributed by atoms with Crippen LogP contribution in [0.3, 0.4) is 0 Å². The zero-order valence-corrected chi connectivity index (χ0v) is 9.36. The third-order valence-corrected chi connectivity index (χ3v) is 2.95. The molecular formula is C14H11NO2. The Hall–Kier alpha value is -2.29. The fourth-order valence-electron chi connectivity index (χ4n) is 2.12. The van der Waals surface area contributed by atoms with Gasteiger partial charge in [-0.2, -0.15) is 0 Å². The molecule has 0 spiro atoms. The highest BCUT2D eigenvalue weighted by Crippen LogP contribution is 2.22. The minimum Gasteiger partial charge on any atom is -0.493 e. The number of aromatic amines is 1. The average Bonchev–Trinajstić information content (AvgIpc) is 2.38. The van der Waals surface area contributed by atoms with Gasteiger partial charge in [0.2, 0.25) is 5.43 Å². The van der Waals surface area contributed by atoms with Gasteiger partial charge >= 0.3 is 0 Å². The van der Waals surface area contributed by atoms with Crippen molar-refractivity contribution in [3.05, 3.63) is 52.8 Å². The lowest BCUT2D eigenvalue weighted by Crippen LogP contribution is -2.05. The number of pyridine rings is 1. The fraction of sp³-hybridized carbons (Fsp3) is 0.0714. The number of hydrogen-bond acceptors (Lipinski definition) is 2.